The number of thiophene rings is 1. The van der Waals surface area contributed by atoms with E-state index in [2.05, 4.69) is 20.7 Å². The van der Waals surface area contributed by atoms with E-state index in [1.165, 1.54) is 0 Å². The molecule has 2 unspecified atom stereocenters. The predicted molar refractivity (Wildman–Crippen MR) is 140 cm³/mol. The first kappa shape index (κ1) is 22.9. The second-order valence-electron chi connectivity index (χ2n) is 9.79. The molecule has 3 aromatic heterocycles. The van der Waals surface area contributed by atoms with Crippen LogP contribution in [0.25, 0.3) is 5.65 Å². The third-order valence-corrected chi connectivity index (χ3v) is 8.52. The molecule has 7 nitrogen and oxygen atoms in total. The fourth-order valence-corrected chi connectivity index (χ4v) is 6.56. The molecule has 1 aromatic carbocycles. The molecule has 5 heterocycles. The largest absolute Gasteiger partial charge is 0.342 e. The van der Waals surface area contributed by atoms with E-state index in [0.29, 0.717) is 25.9 Å². The number of hydrogen-bond acceptors (Lipinski definition) is 5. The second-order valence-corrected chi connectivity index (χ2v) is 10.8. The molecule has 2 saturated heterocycles. The Bertz CT molecular complexity index is 1370. The standard InChI is InChI=1S/C28H29N5O2S/c1-19-7-9-21(10-8-19)33-25(34)12-11-22(26(33)23-5-4-18-36-23)28(35)31-16-13-20(14-17-31)27-30-29-24-6-2-3-15-32(24)27/h2-10,15,18,20,22,26H,11-14,16-17H2,1H3. The highest BCUT2D eigenvalue weighted by atomic mass is 32.1. The van der Waals surface area contributed by atoms with E-state index in [-0.39, 0.29) is 29.7 Å². The maximum Gasteiger partial charge on any atom is 0.228 e. The number of pyridine rings is 1. The smallest absolute Gasteiger partial charge is 0.228 e. The molecular weight excluding hydrogens is 470 g/mol. The summed E-state index contributed by atoms with van der Waals surface area (Å²) in [7, 11) is 0. The van der Waals surface area contributed by atoms with Gasteiger partial charge in [-0.05, 0) is 61.9 Å². The normalized spacial score (nSPS) is 21.3. The highest BCUT2D eigenvalue weighted by Gasteiger charge is 2.44. The zero-order valence-electron chi connectivity index (χ0n) is 20.3. The van der Waals surface area contributed by atoms with Gasteiger partial charge in [0.25, 0.3) is 0 Å². The van der Waals surface area contributed by atoms with E-state index in [4.69, 9.17) is 0 Å². The highest BCUT2D eigenvalue weighted by Crippen LogP contribution is 2.43. The molecule has 184 valence electrons. The third-order valence-electron chi connectivity index (χ3n) is 7.57. The maximum absolute atomic E-state index is 14.0. The molecule has 36 heavy (non-hydrogen) atoms. The number of anilines is 1. The Morgan fingerprint density at radius 2 is 1.78 bits per heavy atom. The maximum atomic E-state index is 14.0. The zero-order chi connectivity index (χ0) is 24.6. The van der Waals surface area contributed by atoms with Gasteiger partial charge in [0.05, 0.1) is 12.0 Å². The minimum absolute atomic E-state index is 0.0821. The molecule has 2 fully saturated rings. The predicted octanol–water partition coefficient (Wildman–Crippen LogP) is 4.99. The Kier molecular flexibility index (Phi) is 6.05. The van der Waals surface area contributed by atoms with E-state index < -0.39 is 0 Å². The van der Waals surface area contributed by atoms with Crippen molar-refractivity contribution in [3.8, 4) is 0 Å². The Hall–Kier alpha value is -3.52. The van der Waals surface area contributed by atoms with Crippen LogP contribution in [-0.2, 0) is 9.59 Å². The van der Waals surface area contributed by atoms with E-state index >= 15 is 0 Å². The molecule has 0 bridgehead atoms. The number of aromatic nitrogens is 3. The van der Waals surface area contributed by atoms with Gasteiger partial charge >= 0.3 is 0 Å². The molecule has 0 N–H and O–H groups in total. The summed E-state index contributed by atoms with van der Waals surface area (Å²) in [4.78, 5) is 32.1. The topological polar surface area (TPSA) is 70.8 Å². The van der Waals surface area contributed by atoms with Gasteiger partial charge in [-0.1, -0.05) is 29.8 Å². The van der Waals surface area contributed by atoms with E-state index in [0.717, 1.165) is 40.4 Å². The van der Waals surface area contributed by atoms with Gasteiger partial charge < -0.3 is 9.80 Å². The van der Waals surface area contributed by atoms with Crippen molar-refractivity contribution in [2.75, 3.05) is 18.0 Å². The number of likely N-dealkylation sites (tertiary alicyclic amines) is 1. The van der Waals surface area contributed by atoms with E-state index in [9.17, 15) is 9.59 Å². The first-order chi connectivity index (χ1) is 17.6. The van der Waals surface area contributed by atoms with Crippen LogP contribution in [0, 0.1) is 12.8 Å². The number of amides is 2. The van der Waals surface area contributed by atoms with Crippen LogP contribution in [0.4, 0.5) is 5.69 Å². The number of aryl methyl sites for hydroxylation is 1. The average Bonchev–Trinajstić information content (AvgIpc) is 3.59. The number of carbonyl (C=O) groups excluding carboxylic acids is 2. The van der Waals surface area contributed by atoms with Crippen LogP contribution in [0.5, 0.6) is 0 Å². The van der Waals surface area contributed by atoms with Gasteiger partial charge in [-0.3, -0.25) is 14.0 Å². The number of rotatable bonds is 4. The molecule has 0 spiro atoms. The zero-order valence-corrected chi connectivity index (χ0v) is 21.1. The molecule has 2 aliphatic heterocycles. The molecule has 4 aromatic rings. The number of nitrogens with zero attached hydrogens (tertiary/aromatic N) is 5. The lowest BCUT2D eigenvalue weighted by atomic mass is 9.85. The SMILES string of the molecule is Cc1ccc(N2C(=O)CCC(C(=O)N3CCC(c4nnc5ccccn45)CC3)C2c2cccs2)cc1. The number of carbonyl (C=O) groups is 2. The second kappa shape index (κ2) is 9.50. The highest BCUT2D eigenvalue weighted by molar-refractivity contribution is 7.10. The van der Waals surface area contributed by atoms with E-state index in [1.54, 1.807) is 11.3 Å². The van der Waals surface area contributed by atoms with Crippen LogP contribution in [0.2, 0.25) is 0 Å². The molecule has 6 rings (SSSR count). The quantitative estimate of drug-likeness (QED) is 0.397. The fourth-order valence-electron chi connectivity index (χ4n) is 5.68. The average molecular weight is 500 g/mol. The van der Waals surface area contributed by atoms with Crippen LogP contribution >= 0.6 is 11.3 Å². The van der Waals surface area contributed by atoms with Gasteiger partial charge in [-0.25, -0.2) is 0 Å². The van der Waals surface area contributed by atoms with Gasteiger partial charge in [0.1, 0.15) is 5.82 Å². The van der Waals surface area contributed by atoms with Crippen molar-refractivity contribution in [1.29, 1.82) is 0 Å². The van der Waals surface area contributed by atoms with Crippen molar-refractivity contribution in [1.82, 2.24) is 19.5 Å². The van der Waals surface area contributed by atoms with Crippen LogP contribution in [0.3, 0.4) is 0 Å². The summed E-state index contributed by atoms with van der Waals surface area (Å²) in [6.07, 6.45) is 4.69. The Morgan fingerprint density at radius 1 is 0.972 bits per heavy atom. The van der Waals surface area contributed by atoms with Gasteiger partial charge in [-0.2, -0.15) is 0 Å². The van der Waals surface area contributed by atoms with Crippen molar-refractivity contribution in [2.24, 2.45) is 5.92 Å². The summed E-state index contributed by atoms with van der Waals surface area (Å²) in [6.45, 7) is 3.42. The van der Waals surface area contributed by atoms with Gasteiger partial charge in [0.15, 0.2) is 5.65 Å². The fraction of sp³-hybridized carbons (Fsp3) is 0.357. The summed E-state index contributed by atoms with van der Waals surface area (Å²) >= 11 is 1.62. The molecule has 0 saturated carbocycles. The van der Waals surface area contributed by atoms with Gasteiger partial charge in [0.2, 0.25) is 11.8 Å². The molecule has 2 atom stereocenters. The summed E-state index contributed by atoms with van der Waals surface area (Å²) in [6, 6.07) is 17.7. The molecule has 0 aliphatic carbocycles. The summed E-state index contributed by atoms with van der Waals surface area (Å²) in [5, 5.41) is 10.8. The molecule has 0 radical (unpaired) electrons. The molecular formula is C28H29N5O2S. The van der Waals surface area contributed by atoms with Crippen molar-refractivity contribution >= 4 is 34.5 Å². The monoisotopic (exact) mass is 499 g/mol. The first-order valence-corrected chi connectivity index (χ1v) is 13.5. The van der Waals surface area contributed by atoms with E-state index in [1.807, 2.05) is 76.8 Å². The number of piperidine rings is 2. The number of fused-ring (bicyclic) bond motifs is 1. The minimum atomic E-state index is -0.278. The van der Waals surface area contributed by atoms with Crippen molar-refractivity contribution in [2.45, 2.75) is 44.6 Å². The number of benzene rings is 1. The Balaban J connectivity index is 1.24. The van der Waals surface area contributed by atoms with Gasteiger partial charge in [-0.15, -0.1) is 21.5 Å². The van der Waals surface area contributed by atoms with Crippen molar-refractivity contribution in [3.63, 3.8) is 0 Å². The molecule has 8 heteroatoms. The molecule has 2 aliphatic rings. The van der Waals surface area contributed by atoms with Crippen LogP contribution in [0.15, 0.2) is 66.2 Å². The lowest BCUT2D eigenvalue weighted by Gasteiger charge is -2.42. The van der Waals surface area contributed by atoms with Crippen molar-refractivity contribution < 1.29 is 9.59 Å². The third kappa shape index (κ3) is 4.09. The van der Waals surface area contributed by atoms with Gasteiger partial charge in [0, 0.05) is 42.2 Å². The lowest BCUT2D eigenvalue weighted by molar-refractivity contribution is -0.139. The van der Waals surface area contributed by atoms with Crippen LogP contribution < -0.4 is 4.90 Å². The van der Waals surface area contributed by atoms with Crippen molar-refractivity contribution in [3.05, 3.63) is 82.4 Å². The van der Waals surface area contributed by atoms with Crippen LogP contribution in [0.1, 0.15) is 53.9 Å². The summed E-state index contributed by atoms with van der Waals surface area (Å²) < 4.78 is 2.06. The summed E-state index contributed by atoms with van der Waals surface area (Å²) in [5.74, 6) is 1.23. The van der Waals surface area contributed by atoms with Crippen LogP contribution in [-0.4, -0.2) is 44.4 Å². The Morgan fingerprint density at radius 3 is 2.53 bits per heavy atom. The summed E-state index contributed by atoms with van der Waals surface area (Å²) in [5.41, 5.74) is 2.86. The Labute approximate surface area is 214 Å². The minimum Gasteiger partial charge on any atom is -0.342 e. The number of hydrogen-bond donors (Lipinski definition) is 0. The first-order valence-electron chi connectivity index (χ1n) is 12.6. The lowest BCUT2D eigenvalue weighted by Crippen LogP contribution is -2.50. The molecule has 2 amide bonds.